The van der Waals surface area contributed by atoms with Gasteiger partial charge in [-0.05, 0) is 94.7 Å². The third-order valence-electron chi connectivity index (χ3n) is 6.92. The first-order valence-corrected chi connectivity index (χ1v) is 13.4. The van der Waals surface area contributed by atoms with Crippen molar-refractivity contribution < 1.29 is 14.3 Å². The highest BCUT2D eigenvalue weighted by atomic mass is 79.9. The molecule has 0 aromatic heterocycles. The van der Waals surface area contributed by atoms with Crippen molar-refractivity contribution in [2.75, 3.05) is 32.8 Å². The molecule has 0 bridgehead atoms. The summed E-state index contributed by atoms with van der Waals surface area (Å²) in [7, 11) is 0. The highest BCUT2D eigenvalue weighted by Crippen LogP contribution is 2.41. The van der Waals surface area contributed by atoms with E-state index in [1.807, 2.05) is 18.2 Å². The Morgan fingerprint density at radius 2 is 1.87 bits per heavy atom. The smallest absolute Gasteiger partial charge is 0.227 e. The average Bonchev–Trinajstić information content (AvgIpc) is 3.41. The SMILES string of the molecule is CCCN(C(=O)Cc1ccc(Br)c(Br)c1)C1CCCCC2(OCCO2)C1N1CCCC1. The molecule has 31 heavy (non-hydrogen) atoms. The van der Waals surface area contributed by atoms with Crippen LogP contribution < -0.4 is 0 Å². The van der Waals surface area contributed by atoms with Crippen molar-refractivity contribution in [3.8, 4) is 0 Å². The largest absolute Gasteiger partial charge is 0.346 e. The number of hydrogen-bond donors (Lipinski definition) is 0. The van der Waals surface area contributed by atoms with Crippen LogP contribution in [0.3, 0.4) is 0 Å². The third kappa shape index (κ3) is 5.21. The number of benzene rings is 1. The molecule has 3 fully saturated rings. The maximum Gasteiger partial charge on any atom is 0.227 e. The van der Waals surface area contributed by atoms with Crippen LogP contribution in [0.2, 0.25) is 0 Å². The fourth-order valence-corrected chi connectivity index (χ4v) is 6.29. The third-order valence-corrected chi connectivity index (χ3v) is 8.80. The summed E-state index contributed by atoms with van der Waals surface area (Å²) in [5.41, 5.74) is 1.04. The second-order valence-electron chi connectivity index (χ2n) is 9.02. The molecule has 1 aromatic carbocycles. The first-order valence-electron chi connectivity index (χ1n) is 11.8. The van der Waals surface area contributed by atoms with Crippen molar-refractivity contribution in [1.29, 1.82) is 0 Å². The van der Waals surface area contributed by atoms with Crippen LogP contribution in [0.4, 0.5) is 0 Å². The average molecular weight is 558 g/mol. The Labute approximate surface area is 203 Å². The maximum absolute atomic E-state index is 13.7. The van der Waals surface area contributed by atoms with E-state index < -0.39 is 5.79 Å². The topological polar surface area (TPSA) is 42.0 Å². The van der Waals surface area contributed by atoms with E-state index >= 15 is 0 Å². The number of likely N-dealkylation sites (tertiary alicyclic amines) is 1. The molecule has 4 rings (SSSR count). The van der Waals surface area contributed by atoms with Gasteiger partial charge in [0.1, 0.15) is 0 Å². The Bertz CT molecular complexity index is 763. The molecule has 1 amide bonds. The Morgan fingerprint density at radius 1 is 1.13 bits per heavy atom. The Hall–Kier alpha value is -0.470. The lowest BCUT2D eigenvalue weighted by Gasteiger charge is -2.47. The van der Waals surface area contributed by atoms with Crippen LogP contribution in [0.25, 0.3) is 0 Å². The lowest BCUT2D eigenvalue weighted by molar-refractivity contribution is -0.215. The number of ether oxygens (including phenoxy) is 2. The van der Waals surface area contributed by atoms with Gasteiger partial charge in [0.2, 0.25) is 5.91 Å². The molecule has 2 atom stereocenters. The van der Waals surface area contributed by atoms with Crippen LogP contribution in [0.5, 0.6) is 0 Å². The zero-order valence-electron chi connectivity index (χ0n) is 18.5. The number of carbonyl (C=O) groups is 1. The molecule has 1 spiro atoms. The van der Waals surface area contributed by atoms with Crippen LogP contribution in [-0.4, -0.2) is 66.4 Å². The molecule has 1 aromatic rings. The fourth-order valence-electron chi connectivity index (χ4n) is 5.62. The van der Waals surface area contributed by atoms with E-state index in [1.165, 1.54) is 12.8 Å². The first-order chi connectivity index (χ1) is 15.0. The summed E-state index contributed by atoms with van der Waals surface area (Å²) in [6.07, 6.45) is 7.96. The fraction of sp³-hybridized carbons (Fsp3) is 0.708. The summed E-state index contributed by atoms with van der Waals surface area (Å²) >= 11 is 7.10. The van der Waals surface area contributed by atoms with Crippen LogP contribution in [0.15, 0.2) is 27.1 Å². The van der Waals surface area contributed by atoms with Crippen molar-refractivity contribution in [2.45, 2.75) is 76.2 Å². The van der Waals surface area contributed by atoms with E-state index in [2.05, 4.69) is 48.6 Å². The number of nitrogens with zero attached hydrogens (tertiary/aromatic N) is 2. The van der Waals surface area contributed by atoms with E-state index in [0.717, 1.165) is 66.2 Å². The molecule has 2 saturated heterocycles. The van der Waals surface area contributed by atoms with Gasteiger partial charge in [0, 0.05) is 21.9 Å². The van der Waals surface area contributed by atoms with Crippen molar-refractivity contribution in [1.82, 2.24) is 9.80 Å². The Morgan fingerprint density at radius 3 is 2.55 bits per heavy atom. The van der Waals surface area contributed by atoms with Gasteiger partial charge >= 0.3 is 0 Å². The normalized spacial score (nSPS) is 26.3. The van der Waals surface area contributed by atoms with Gasteiger partial charge < -0.3 is 14.4 Å². The molecule has 2 heterocycles. The van der Waals surface area contributed by atoms with E-state index in [-0.39, 0.29) is 18.0 Å². The van der Waals surface area contributed by atoms with Crippen LogP contribution in [-0.2, 0) is 20.7 Å². The summed E-state index contributed by atoms with van der Waals surface area (Å²) in [5.74, 6) is -0.348. The molecule has 0 radical (unpaired) electrons. The summed E-state index contributed by atoms with van der Waals surface area (Å²) in [5, 5.41) is 0. The Kier molecular flexibility index (Phi) is 8.13. The van der Waals surface area contributed by atoms with Crippen molar-refractivity contribution in [3.63, 3.8) is 0 Å². The second-order valence-corrected chi connectivity index (χ2v) is 10.7. The number of amides is 1. The van der Waals surface area contributed by atoms with Gasteiger partial charge in [-0.1, -0.05) is 19.4 Å². The molecule has 3 aliphatic rings. The molecular weight excluding hydrogens is 524 g/mol. The predicted molar refractivity (Wildman–Crippen MR) is 129 cm³/mol. The van der Waals surface area contributed by atoms with Gasteiger partial charge in [-0.25, -0.2) is 0 Å². The quantitative estimate of drug-likeness (QED) is 0.485. The molecular formula is C24H34Br2N2O3. The van der Waals surface area contributed by atoms with E-state index in [9.17, 15) is 4.79 Å². The van der Waals surface area contributed by atoms with Crippen molar-refractivity contribution in [3.05, 3.63) is 32.7 Å². The zero-order chi connectivity index (χ0) is 21.8. The number of carbonyl (C=O) groups excluding carboxylic acids is 1. The first kappa shape index (κ1) is 23.7. The highest BCUT2D eigenvalue weighted by molar-refractivity contribution is 9.13. The van der Waals surface area contributed by atoms with Crippen LogP contribution in [0, 0.1) is 0 Å². The van der Waals surface area contributed by atoms with Gasteiger partial charge in [-0.3, -0.25) is 9.69 Å². The van der Waals surface area contributed by atoms with Crippen LogP contribution >= 0.6 is 31.9 Å². The van der Waals surface area contributed by atoms with Gasteiger partial charge in [-0.15, -0.1) is 0 Å². The van der Waals surface area contributed by atoms with E-state index in [1.54, 1.807) is 0 Å². The maximum atomic E-state index is 13.7. The van der Waals surface area contributed by atoms with E-state index in [4.69, 9.17) is 9.47 Å². The molecule has 1 saturated carbocycles. The summed E-state index contributed by atoms with van der Waals surface area (Å²) in [6, 6.07) is 6.33. The number of rotatable bonds is 6. The molecule has 2 aliphatic heterocycles. The van der Waals surface area contributed by atoms with Gasteiger partial charge in [-0.2, -0.15) is 0 Å². The summed E-state index contributed by atoms with van der Waals surface area (Å²) < 4.78 is 14.7. The van der Waals surface area contributed by atoms with Crippen molar-refractivity contribution in [2.24, 2.45) is 0 Å². The Balaban J connectivity index is 1.63. The molecule has 7 heteroatoms. The minimum atomic E-state index is -0.557. The molecule has 2 unspecified atom stereocenters. The van der Waals surface area contributed by atoms with Gasteiger partial charge in [0.25, 0.3) is 0 Å². The predicted octanol–water partition coefficient (Wildman–Crippen LogP) is 5.14. The summed E-state index contributed by atoms with van der Waals surface area (Å²) in [6.45, 7) is 6.41. The minimum absolute atomic E-state index is 0.118. The molecule has 172 valence electrons. The van der Waals surface area contributed by atoms with E-state index in [0.29, 0.717) is 19.6 Å². The molecule has 0 N–H and O–H groups in total. The van der Waals surface area contributed by atoms with Crippen molar-refractivity contribution >= 4 is 37.8 Å². The summed E-state index contributed by atoms with van der Waals surface area (Å²) in [4.78, 5) is 18.4. The number of halogens is 2. The number of hydrogen-bond acceptors (Lipinski definition) is 4. The highest BCUT2D eigenvalue weighted by Gasteiger charge is 2.53. The van der Waals surface area contributed by atoms with Crippen LogP contribution in [0.1, 0.15) is 57.4 Å². The molecule has 5 nitrogen and oxygen atoms in total. The lowest BCUT2D eigenvalue weighted by Crippen LogP contribution is -2.63. The molecule has 1 aliphatic carbocycles. The standard InChI is InChI=1S/C24H34Br2N2O3/c1-2-11-28(22(29)17-18-8-9-19(25)20(26)16-18)21-7-3-4-10-24(30-14-15-31-24)23(21)27-12-5-6-13-27/h8-9,16,21,23H,2-7,10-15,17H2,1H3. The second kappa shape index (κ2) is 10.6. The van der Waals surface area contributed by atoms with Gasteiger partial charge in [0.05, 0.1) is 31.7 Å². The lowest BCUT2D eigenvalue weighted by atomic mass is 9.93. The monoisotopic (exact) mass is 556 g/mol. The zero-order valence-corrected chi connectivity index (χ0v) is 21.6. The minimum Gasteiger partial charge on any atom is -0.346 e. The van der Waals surface area contributed by atoms with Gasteiger partial charge in [0.15, 0.2) is 5.79 Å².